The van der Waals surface area contributed by atoms with Gasteiger partial charge in [-0.3, -0.25) is 0 Å². The Morgan fingerprint density at radius 3 is 2.28 bits per heavy atom. The van der Waals surface area contributed by atoms with Crippen LogP contribution in [0.4, 0.5) is 24.7 Å². The number of hydrazone groups is 1. The summed E-state index contributed by atoms with van der Waals surface area (Å²) in [6.07, 6.45) is -1.87. The van der Waals surface area contributed by atoms with Crippen LogP contribution in [-0.4, -0.2) is 37.4 Å². The molecule has 1 fully saturated rings. The molecule has 1 aromatic carbocycles. The molecule has 0 atom stereocenters. The van der Waals surface area contributed by atoms with Crippen molar-refractivity contribution in [1.29, 1.82) is 0 Å². The van der Waals surface area contributed by atoms with Crippen molar-refractivity contribution in [2.75, 3.05) is 36.0 Å². The van der Waals surface area contributed by atoms with Crippen molar-refractivity contribution in [3.63, 3.8) is 0 Å². The van der Waals surface area contributed by atoms with E-state index in [4.69, 9.17) is 5.84 Å². The number of para-hydroxylation sites is 1. The SMILES string of the molecule is NN=Cc1ccccc1N1CCN(c2ccc(C(F)(F)F)cn2)CC1. The van der Waals surface area contributed by atoms with E-state index in [-0.39, 0.29) is 0 Å². The summed E-state index contributed by atoms with van der Waals surface area (Å²) in [5, 5.41) is 3.59. The van der Waals surface area contributed by atoms with Crippen molar-refractivity contribution < 1.29 is 13.2 Å². The number of benzene rings is 1. The van der Waals surface area contributed by atoms with Crippen molar-refractivity contribution >= 4 is 17.7 Å². The van der Waals surface area contributed by atoms with Crippen LogP contribution in [0, 0.1) is 0 Å². The van der Waals surface area contributed by atoms with Crippen molar-refractivity contribution in [1.82, 2.24) is 4.98 Å². The number of rotatable bonds is 3. The topological polar surface area (TPSA) is 57.8 Å². The maximum atomic E-state index is 12.6. The first-order chi connectivity index (χ1) is 12.0. The Morgan fingerprint density at radius 2 is 1.68 bits per heavy atom. The third kappa shape index (κ3) is 3.84. The monoisotopic (exact) mass is 349 g/mol. The van der Waals surface area contributed by atoms with Crippen molar-refractivity contribution in [2.24, 2.45) is 10.9 Å². The van der Waals surface area contributed by atoms with Crippen LogP contribution in [0.5, 0.6) is 0 Å². The van der Waals surface area contributed by atoms with Crippen molar-refractivity contribution in [3.05, 3.63) is 53.7 Å². The molecule has 25 heavy (non-hydrogen) atoms. The number of alkyl halides is 3. The maximum absolute atomic E-state index is 12.6. The van der Waals surface area contributed by atoms with Crippen LogP contribution < -0.4 is 15.6 Å². The molecule has 0 unspecified atom stereocenters. The van der Waals surface area contributed by atoms with Gasteiger partial charge in [0.05, 0.1) is 11.8 Å². The Morgan fingerprint density at radius 1 is 1.00 bits per heavy atom. The fraction of sp³-hybridized carbons (Fsp3) is 0.294. The maximum Gasteiger partial charge on any atom is 0.417 e. The van der Waals surface area contributed by atoms with E-state index in [1.807, 2.05) is 29.2 Å². The second kappa shape index (κ2) is 7.00. The van der Waals surface area contributed by atoms with Gasteiger partial charge >= 0.3 is 6.18 Å². The van der Waals surface area contributed by atoms with Gasteiger partial charge in [-0.25, -0.2) is 4.98 Å². The Labute approximate surface area is 143 Å². The molecule has 3 rings (SSSR count). The van der Waals surface area contributed by atoms with Gasteiger partial charge < -0.3 is 15.6 Å². The lowest BCUT2D eigenvalue weighted by Crippen LogP contribution is -2.47. The highest BCUT2D eigenvalue weighted by molar-refractivity contribution is 5.87. The first-order valence-corrected chi connectivity index (χ1v) is 7.84. The molecule has 2 heterocycles. The summed E-state index contributed by atoms with van der Waals surface area (Å²) >= 11 is 0. The lowest BCUT2D eigenvalue weighted by atomic mass is 10.1. The molecule has 132 valence electrons. The van der Waals surface area contributed by atoms with Gasteiger partial charge in [0.1, 0.15) is 5.82 Å². The molecule has 1 aliphatic rings. The van der Waals surface area contributed by atoms with E-state index < -0.39 is 11.7 Å². The zero-order valence-electron chi connectivity index (χ0n) is 13.4. The summed E-state index contributed by atoms with van der Waals surface area (Å²) in [5.41, 5.74) is 1.24. The zero-order chi connectivity index (χ0) is 17.9. The van der Waals surface area contributed by atoms with Crippen LogP contribution in [0.2, 0.25) is 0 Å². The van der Waals surface area contributed by atoms with E-state index in [0.29, 0.717) is 18.9 Å². The van der Waals surface area contributed by atoms with Crippen LogP contribution in [0.25, 0.3) is 0 Å². The number of anilines is 2. The molecule has 1 saturated heterocycles. The number of halogens is 3. The predicted molar refractivity (Wildman–Crippen MR) is 91.9 cm³/mol. The molecular weight excluding hydrogens is 331 g/mol. The van der Waals surface area contributed by atoms with E-state index in [1.54, 1.807) is 6.21 Å². The molecule has 0 radical (unpaired) electrons. The van der Waals surface area contributed by atoms with Gasteiger partial charge in [-0.1, -0.05) is 18.2 Å². The molecular formula is C17H18F3N5. The third-order valence-electron chi connectivity index (χ3n) is 4.17. The van der Waals surface area contributed by atoms with Crippen molar-refractivity contribution in [3.8, 4) is 0 Å². The average molecular weight is 349 g/mol. The Bertz CT molecular complexity index is 735. The Hall–Kier alpha value is -2.77. The van der Waals surface area contributed by atoms with E-state index in [9.17, 15) is 13.2 Å². The van der Waals surface area contributed by atoms with Gasteiger partial charge in [-0.15, -0.1) is 0 Å². The Kier molecular flexibility index (Phi) is 4.78. The largest absolute Gasteiger partial charge is 0.417 e. The summed E-state index contributed by atoms with van der Waals surface area (Å²) in [5.74, 6) is 5.81. The number of hydrogen-bond acceptors (Lipinski definition) is 5. The number of piperazine rings is 1. The quantitative estimate of drug-likeness (QED) is 0.526. The highest BCUT2D eigenvalue weighted by Crippen LogP contribution is 2.29. The molecule has 5 nitrogen and oxygen atoms in total. The van der Waals surface area contributed by atoms with Crippen LogP contribution >= 0.6 is 0 Å². The summed E-state index contributed by atoms with van der Waals surface area (Å²) in [4.78, 5) is 8.15. The molecule has 0 amide bonds. The molecule has 2 aromatic rings. The number of pyridine rings is 1. The molecule has 2 N–H and O–H groups in total. The zero-order valence-corrected chi connectivity index (χ0v) is 13.4. The molecule has 0 saturated carbocycles. The molecule has 0 spiro atoms. The van der Waals surface area contributed by atoms with Gasteiger partial charge in [0.25, 0.3) is 0 Å². The van der Waals surface area contributed by atoms with Crippen LogP contribution in [0.1, 0.15) is 11.1 Å². The van der Waals surface area contributed by atoms with Gasteiger partial charge in [-0.2, -0.15) is 18.3 Å². The van der Waals surface area contributed by atoms with E-state index >= 15 is 0 Å². The normalized spacial score (nSPS) is 15.8. The minimum atomic E-state index is -4.36. The Balaban J connectivity index is 1.68. The number of aromatic nitrogens is 1. The van der Waals surface area contributed by atoms with E-state index in [1.165, 1.54) is 6.07 Å². The van der Waals surface area contributed by atoms with Crippen LogP contribution in [0.3, 0.4) is 0 Å². The lowest BCUT2D eigenvalue weighted by Gasteiger charge is -2.37. The second-order valence-corrected chi connectivity index (χ2v) is 5.71. The average Bonchev–Trinajstić information content (AvgIpc) is 2.62. The molecule has 8 heteroatoms. The third-order valence-corrected chi connectivity index (χ3v) is 4.17. The molecule has 1 aliphatic heterocycles. The fourth-order valence-corrected chi connectivity index (χ4v) is 2.88. The first-order valence-electron chi connectivity index (χ1n) is 7.84. The highest BCUT2D eigenvalue weighted by Gasteiger charge is 2.31. The highest BCUT2D eigenvalue weighted by atomic mass is 19.4. The lowest BCUT2D eigenvalue weighted by molar-refractivity contribution is -0.137. The second-order valence-electron chi connectivity index (χ2n) is 5.71. The minimum Gasteiger partial charge on any atom is -0.367 e. The standard InChI is InChI=1S/C17H18F3N5/c18-17(19,20)14-5-6-16(22-12-14)25-9-7-24(8-10-25)15-4-2-1-3-13(15)11-23-21/h1-6,11-12H,7-10,21H2. The van der Waals surface area contributed by atoms with Gasteiger partial charge in [-0.05, 0) is 18.2 Å². The summed E-state index contributed by atoms with van der Waals surface area (Å²) in [6.45, 7) is 2.81. The molecule has 0 bridgehead atoms. The number of nitrogens with two attached hydrogens (primary N) is 1. The minimum absolute atomic E-state index is 0.560. The smallest absolute Gasteiger partial charge is 0.367 e. The molecule has 1 aromatic heterocycles. The van der Waals surface area contributed by atoms with Gasteiger partial charge in [0, 0.05) is 43.6 Å². The van der Waals surface area contributed by atoms with Crippen molar-refractivity contribution in [2.45, 2.75) is 6.18 Å². The first kappa shape index (κ1) is 17.1. The van der Waals surface area contributed by atoms with E-state index in [2.05, 4.69) is 15.0 Å². The van der Waals surface area contributed by atoms with Gasteiger partial charge in [0.15, 0.2) is 0 Å². The number of nitrogens with zero attached hydrogens (tertiary/aromatic N) is 4. The van der Waals surface area contributed by atoms with Crippen LogP contribution in [-0.2, 0) is 6.18 Å². The summed E-state index contributed by atoms with van der Waals surface area (Å²) in [6, 6.07) is 10.3. The van der Waals surface area contributed by atoms with Gasteiger partial charge in [0.2, 0.25) is 0 Å². The summed E-state index contributed by atoms with van der Waals surface area (Å²) < 4.78 is 37.9. The summed E-state index contributed by atoms with van der Waals surface area (Å²) in [7, 11) is 0. The number of hydrogen-bond donors (Lipinski definition) is 1. The molecule has 0 aliphatic carbocycles. The fourth-order valence-electron chi connectivity index (χ4n) is 2.88. The van der Waals surface area contributed by atoms with E-state index in [0.717, 1.165) is 36.6 Å². The van der Waals surface area contributed by atoms with Crippen LogP contribution in [0.15, 0.2) is 47.7 Å². The predicted octanol–water partition coefficient (Wildman–Crippen LogP) is 2.72.